The third kappa shape index (κ3) is 3.61. The zero-order valence-electron chi connectivity index (χ0n) is 9.13. The minimum Gasteiger partial charge on any atom is -0.0843 e. The van der Waals surface area contributed by atoms with Crippen LogP contribution in [-0.2, 0) is 0 Å². The molecule has 92 valence electrons. The van der Waals surface area contributed by atoms with Crippen molar-refractivity contribution in [3.63, 3.8) is 0 Å². The van der Waals surface area contributed by atoms with E-state index in [0.717, 1.165) is 20.1 Å². The highest BCUT2D eigenvalue weighted by Gasteiger charge is 1.99. The number of hydrogen-bond donors (Lipinski definition) is 0. The fraction of sp³-hybridized carbons (Fsp3) is 0. The molecule has 0 heterocycles. The molecule has 0 bridgehead atoms. The summed E-state index contributed by atoms with van der Waals surface area (Å²) in [5.41, 5.74) is 2.05. The van der Waals surface area contributed by atoms with Crippen molar-refractivity contribution in [1.82, 2.24) is 0 Å². The third-order valence-electron chi connectivity index (χ3n) is 2.36. The second-order valence-electron chi connectivity index (χ2n) is 3.67. The monoisotopic (exact) mass is 404 g/mol. The largest absolute Gasteiger partial charge is 0.0843 e. The molecule has 18 heavy (non-hydrogen) atoms. The molecule has 0 aliphatic heterocycles. The van der Waals surface area contributed by atoms with Gasteiger partial charge in [-0.3, -0.25) is 0 Å². The van der Waals surface area contributed by atoms with Gasteiger partial charge in [0.25, 0.3) is 0 Å². The summed E-state index contributed by atoms with van der Waals surface area (Å²) in [5.74, 6) is 0. The van der Waals surface area contributed by atoms with Gasteiger partial charge in [-0.15, -0.1) is 0 Å². The molecule has 0 saturated carbocycles. The van der Waals surface area contributed by atoms with Crippen molar-refractivity contribution < 1.29 is 0 Å². The molecule has 0 N–H and O–H groups in total. The predicted octanol–water partition coefficient (Wildman–Crippen LogP) is 6.69. The lowest BCUT2D eigenvalue weighted by atomic mass is 10.1. The second-order valence-corrected chi connectivity index (χ2v) is 6.25. The van der Waals surface area contributed by atoms with Crippen LogP contribution in [0.3, 0.4) is 0 Å². The first kappa shape index (κ1) is 14.1. The van der Waals surface area contributed by atoms with Crippen LogP contribution in [0.5, 0.6) is 0 Å². The normalized spacial score (nSPS) is 11.1. The van der Waals surface area contributed by atoms with E-state index >= 15 is 0 Å². The highest BCUT2D eigenvalue weighted by Crippen LogP contribution is 2.26. The zero-order valence-corrected chi connectivity index (χ0v) is 13.8. The minimum absolute atomic E-state index is 0.711. The first-order valence-electron chi connectivity index (χ1n) is 5.14. The van der Waals surface area contributed by atoms with Gasteiger partial charge in [-0.05, 0) is 47.5 Å². The summed E-state index contributed by atoms with van der Waals surface area (Å²) >= 11 is 18.9. The van der Waals surface area contributed by atoms with E-state index in [0.29, 0.717) is 10.0 Å². The Morgan fingerprint density at radius 1 is 0.722 bits per heavy atom. The number of benzene rings is 2. The summed E-state index contributed by atoms with van der Waals surface area (Å²) < 4.78 is 2.00. The van der Waals surface area contributed by atoms with Crippen LogP contribution < -0.4 is 0 Å². The van der Waals surface area contributed by atoms with E-state index in [2.05, 4.69) is 31.9 Å². The van der Waals surface area contributed by atoms with Gasteiger partial charge < -0.3 is 0 Å². The standard InChI is InChI=1S/C14H8Br2Cl2/c15-13-5-3-11(17)7-9(13)1-2-10-8-12(18)4-6-14(10)16/h1-8H. The summed E-state index contributed by atoms with van der Waals surface area (Å²) in [6.07, 6.45) is 3.98. The Labute approximate surface area is 133 Å². The summed E-state index contributed by atoms with van der Waals surface area (Å²) in [7, 11) is 0. The third-order valence-corrected chi connectivity index (χ3v) is 4.27. The van der Waals surface area contributed by atoms with Crippen molar-refractivity contribution in [2.24, 2.45) is 0 Å². The summed E-state index contributed by atoms with van der Waals surface area (Å²) in [4.78, 5) is 0. The second kappa shape index (κ2) is 6.25. The average molecular weight is 407 g/mol. The van der Waals surface area contributed by atoms with Gasteiger partial charge in [0.15, 0.2) is 0 Å². The molecule has 0 saturated heterocycles. The molecular weight excluding hydrogens is 399 g/mol. The topological polar surface area (TPSA) is 0 Å². The maximum Gasteiger partial charge on any atom is 0.0412 e. The predicted molar refractivity (Wildman–Crippen MR) is 87.2 cm³/mol. The molecule has 0 atom stereocenters. The van der Waals surface area contributed by atoms with Crippen molar-refractivity contribution in [2.75, 3.05) is 0 Å². The van der Waals surface area contributed by atoms with Gasteiger partial charge in [0.05, 0.1) is 0 Å². The van der Waals surface area contributed by atoms with E-state index in [9.17, 15) is 0 Å². The molecule has 2 aromatic rings. The molecule has 0 unspecified atom stereocenters. The first-order valence-corrected chi connectivity index (χ1v) is 7.48. The van der Waals surface area contributed by atoms with Crippen molar-refractivity contribution >= 4 is 67.2 Å². The van der Waals surface area contributed by atoms with Crippen molar-refractivity contribution in [3.05, 3.63) is 66.5 Å². The fourth-order valence-electron chi connectivity index (χ4n) is 1.46. The highest BCUT2D eigenvalue weighted by atomic mass is 79.9. The molecular formula is C14H8Br2Cl2. The van der Waals surface area contributed by atoms with Crippen molar-refractivity contribution in [2.45, 2.75) is 0 Å². The molecule has 0 aliphatic rings. The van der Waals surface area contributed by atoms with Crippen molar-refractivity contribution in [1.29, 1.82) is 0 Å². The zero-order chi connectivity index (χ0) is 13.1. The van der Waals surface area contributed by atoms with Crippen molar-refractivity contribution in [3.8, 4) is 0 Å². The van der Waals surface area contributed by atoms with Gasteiger partial charge in [-0.2, -0.15) is 0 Å². The molecule has 2 aromatic carbocycles. The smallest absolute Gasteiger partial charge is 0.0412 e. The molecule has 2 rings (SSSR count). The van der Waals surface area contributed by atoms with E-state index in [1.807, 2.05) is 48.6 Å². The molecule has 0 spiro atoms. The van der Waals surface area contributed by atoms with E-state index in [1.54, 1.807) is 0 Å². The lowest BCUT2D eigenvalue weighted by Crippen LogP contribution is -1.78. The highest BCUT2D eigenvalue weighted by molar-refractivity contribution is 9.10. The maximum absolute atomic E-state index is 5.97. The Morgan fingerprint density at radius 3 is 1.50 bits per heavy atom. The Kier molecular flexibility index (Phi) is 4.91. The Balaban J connectivity index is 2.35. The summed E-state index contributed by atoms with van der Waals surface area (Å²) in [6, 6.07) is 11.3. The molecule has 0 aliphatic carbocycles. The first-order chi connectivity index (χ1) is 8.56. The Hall–Kier alpha value is -0.280. The number of halogens is 4. The summed E-state index contributed by atoms with van der Waals surface area (Å²) in [5, 5.41) is 1.42. The van der Waals surface area contributed by atoms with Gasteiger partial charge in [0.1, 0.15) is 0 Å². The van der Waals surface area contributed by atoms with Gasteiger partial charge in [0, 0.05) is 19.0 Å². The lowest BCUT2D eigenvalue weighted by Gasteiger charge is -2.01. The maximum atomic E-state index is 5.97. The van der Waals surface area contributed by atoms with Crippen LogP contribution in [0.4, 0.5) is 0 Å². The van der Waals surface area contributed by atoms with Crippen LogP contribution in [0.15, 0.2) is 45.3 Å². The lowest BCUT2D eigenvalue weighted by molar-refractivity contribution is 1.58. The number of rotatable bonds is 2. The van der Waals surface area contributed by atoms with Crippen LogP contribution >= 0.6 is 55.1 Å². The minimum atomic E-state index is 0.711. The van der Waals surface area contributed by atoms with Gasteiger partial charge in [-0.1, -0.05) is 67.2 Å². The van der Waals surface area contributed by atoms with Gasteiger partial charge >= 0.3 is 0 Å². The van der Waals surface area contributed by atoms with Crippen LogP contribution in [0, 0.1) is 0 Å². The van der Waals surface area contributed by atoms with Gasteiger partial charge in [-0.25, -0.2) is 0 Å². The molecule has 0 nitrogen and oxygen atoms in total. The summed E-state index contributed by atoms with van der Waals surface area (Å²) in [6.45, 7) is 0. The van der Waals surface area contributed by atoms with E-state index < -0.39 is 0 Å². The Morgan fingerprint density at radius 2 is 1.11 bits per heavy atom. The molecule has 0 amide bonds. The van der Waals surface area contributed by atoms with E-state index in [-0.39, 0.29) is 0 Å². The molecule has 0 fully saturated rings. The Bertz CT molecular complexity index is 553. The van der Waals surface area contributed by atoms with E-state index in [1.165, 1.54) is 0 Å². The van der Waals surface area contributed by atoms with Gasteiger partial charge in [0.2, 0.25) is 0 Å². The average Bonchev–Trinajstić information content (AvgIpc) is 2.34. The van der Waals surface area contributed by atoms with E-state index in [4.69, 9.17) is 23.2 Å². The van der Waals surface area contributed by atoms with Crippen LogP contribution in [0.25, 0.3) is 12.2 Å². The SMILES string of the molecule is Clc1ccc(Br)c(C=Cc2cc(Cl)ccc2Br)c1. The van der Waals surface area contributed by atoms with Crippen LogP contribution in [0.1, 0.15) is 11.1 Å². The van der Waals surface area contributed by atoms with Crippen LogP contribution in [0.2, 0.25) is 10.0 Å². The van der Waals surface area contributed by atoms with Crippen LogP contribution in [-0.4, -0.2) is 0 Å². The number of hydrogen-bond acceptors (Lipinski definition) is 0. The fourth-order valence-corrected chi connectivity index (χ4v) is 2.58. The quantitative estimate of drug-likeness (QED) is 0.487. The molecule has 0 radical (unpaired) electrons. The molecule has 0 aromatic heterocycles. The molecule has 4 heteroatoms.